The van der Waals surface area contributed by atoms with Crippen molar-refractivity contribution in [3.8, 4) is 0 Å². The molecule has 5 nitrogen and oxygen atoms in total. The van der Waals surface area contributed by atoms with Gasteiger partial charge in [0, 0.05) is 31.9 Å². The molecule has 1 saturated heterocycles. The molecule has 1 heterocycles. The number of nitrogens with one attached hydrogen (secondary N) is 1. The summed E-state index contributed by atoms with van der Waals surface area (Å²) in [5.41, 5.74) is 1.12. The number of nitrogens with zero attached hydrogens (tertiary/aromatic N) is 2. The SMILES string of the molecule is CCN(CC)C(=O)Nc1cc(N2CCOCC2)ccc1F. The van der Waals surface area contributed by atoms with Gasteiger partial charge >= 0.3 is 6.03 Å². The molecular weight excluding hydrogens is 273 g/mol. The van der Waals surface area contributed by atoms with Gasteiger partial charge in [-0.1, -0.05) is 0 Å². The van der Waals surface area contributed by atoms with E-state index in [0.29, 0.717) is 26.3 Å². The van der Waals surface area contributed by atoms with Crippen molar-refractivity contribution in [1.29, 1.82) is 0 Å². The molecule has 0 aliphatic carbocycles. The molecule has 1 aromatic rings. The summed E-state index contributed by atoms with van der Waals surface area (Å²) in [4.78, 5) is 15.8. The van der Waals surface area contributed by atoms with Crippen LogP contribution < -0.4 is 10.2 Å². The van der Waals surface area contributed by atoms with Crippen molar-refractivity contribution in [2.24, 2.45) is 0 Å². The first-order valence-electron chi connectivity index (χ1n) is 7.33. The van der Waals surface area contributed by atoms with E-state index in [2.05, 4.69) is 10.2 Å². The molecule has 0 aromatic heterocycles. The van der Waals surface area contributed by atoms with Crippen molar-refractivity contribution in [2.45, 2.75) is 13.8 Å². The molecule has 6 heteroatoms. The van der Waals surface area contributed by atoms with Gasteiger partial charge in [0.25, 0.3) is 0 Å². The third-order valence-electron chi connectivity index (χ3n) is 3.62. The highest BCUT2D eigenvalue weighted by Crippen LogP contribution is 2.23. The second kappa shape index (κ2) is 7.26. The Morgan fingerprint density at radius 2 is 2.00 bits per heavy atom. The van der Waals surface area contributed by atoms with Gasteiger partial charge in [0.2, 0.25) is 0 Å². The Morgan fingerprint density at radius 3 is 2.62 bits per heavy atom. The van der Waals surface area contributed by atoms with Gasteiger partial charge in [-0.3, -0.25) is 0 Å². The summed E-state index contributed by atoms with van der Waals surface area (Å²) in [5.74, 6) is -0.424. The predicted octanol–water partition coefficient (Wildman–Crippen LogP) is 2.54. The standard InChI is InChI=1S/C15H22FN3O2/c1-3-18(4-2)15(20)17-14-11-12(5-6-13(14)16)19-7-9-21-10-8-19/h5-6,11H,3-4,7-10H2,1-2H3,(H,17,20). The van der Waals surface area contributed by atoms with E-state index in [0.717, 1.165) is 18.8 Å². The minimum absolute atomic E-state index is 0.218. The average Bonchev–Trinajstić information content (AvgIpc) is 2.51. The lowest BCUT2D eigenvalue weighted by Gasteiger charge is -2.29. The van der Waals surface area contributed by atoms with Crippen LogP contribution in [-0.4, -0.2) is 50.3 Å². The number of rotatable bonds is 4. The van der Waals surface area contributed by atoms with Gasteiger partial charge in [-0.2, -0.15) is 0 Å². The Morgan fingerprint density at radius 1 is 1.33 bits per heavy atom. The fraction of sp³-hybridized carbons (Fsp3) is 0.533. The summed E-state index contributed by atoms with van der Waals surface area (Å²) in [6, 6.07) is 4.52. The lowest BCUT2D eigenvalue weighted by molar-refractivity contribution is 0.122. The van der Waals surface area contributed by atoms with Crippen LogP contribution in [0.2, 0.25) is 0 Å². The van der Waals surface area contributed by atoms with Gasteiger partial charge in [0.15, 0.2) is 0 Å². The van der Waals surface area contributed by atoms with E-state index in [1.54, 1.807) is 17.0 Å². The Kier molecular flexibility index (Phi) is 5.38. The number of hydrogen-bond donors (Lipinski definition) is 1. The maximum absolute atomic E-state index is 13.9. The Hall–Kier alpha value is -1.82. The molecule has 1 N–H and O–H groups in total. The van der Waals surface area contributed by atoms with E-state index in [-0.39, 0.29) is 11.7 Å². The average molecular weight is 295 g/mol. The van der Waals surface area contributed by atoms with Crippen LogP contribution in [0.1, 0.15) is 13.8 Å². The predicted molar refractivity (Wildman–Crippen MR) is 81.4 cm³/mol. The van der Waals surface area contributed by atoms with Crippen molar-refractivity contribution < 1.29 is 13.9 Å². The zero-order valence-electron chi connectivity index (χ0n) is 12.6. The third kappa shape index (κ3) is 3.85. The van der Waals surface area contributed by atoms with E-state index in [4.69, 9.17) is 4.74 Å². The summed E-state index contributed by atoms with van der Waals surface area (Å²) < 4.78 is 19.2. The molecule has 2 amide bonds. The van der Waals surface area contributed by atoms with Crippen molar-refractivity contribution in [1.82, 2.24) is 4.90 Å². The number of halogens is 1. The van der Waals surface area contributed by atoms with Crippen molar-refractivity contribution in [3.63, 3.8) is 0 Å². The van der Waals surface area contributed by atoms with Crippen LogP contribution in [0.15, 0.2) is 18.2 Å². The van der Waals surface area contributed by atoms with E-state index in [9.17, 15) is 9.18 Å². The molecule has 21 heavy (non-hydrogen) atoms. The zero-order chi connectivity index (χ0) is 15.2. The molecule has 0 bridgehead atoms. The quantitative estimate of drug-likeness (QED) is 0.928. The van der Waals surface area contributed by atoms with Crippen molar-refractivity contribution in [2.75, 3.05) is 49.6 Å². The molecular formula is C15H22FN3O2. The number of hydrogen-bond acceptors (Lipinski definition) is 3. The summed E-state index contributed by atoms with van der Waals surface area (Å²) in [6.07, 6.45) is 0. The van der Waals surface area contributed by atoms with Gasteiger partial charge in [0.1, 0.15) is 5.82 Å². The van der Waals surface area contributed by atoms with Gasteiger partial charge in [-0.05, 0) is 32.0 Å². The second-order valence-electron chi connectivity index (χ2n) is 4.87. The highest BCUT2D eigenvalue weighted by atomic mass is 19.1. The summed E-state index contributed by atoms with van der Waals surface area (Å²) in [5, 5.41) is 2.65. The van der Waals surface area contributed by atoms with Crippen LogP contribution in [0.3, 0.4) is 0 Å². The largest absolute Gasteiger partial charge is 0.378 e. The minimum Gasteiger partial charge on any atom is -0.378 e. The Bertz CT molecular complexity index is 486. The van der Waals surface area contributed by atoms with Gasteiger partial charge in [0.05, 0.1) is 18.9 Å². The normalized spacial score (nSPS) is 14.9. The third-order valence-corrected chi connectivity index (χ3v) is 3.62. The fourth-order valence-electron chi connectivity index (χ4n) is 2.33. The Balaban J connectivity index is 2.13. The first kappa shape index (κ1) is 15.6. The fourth-order valence-corrected chi connectivity index (χ4v) is 2.33. The minimum atomic E-state index is -0.424. The maximum atomic E-state index is 13.9. The molecule has 0 unspecified atom stereocenters. The van der Waals surface area contributed by atoms with E-state index in [1.165, 1.54) is 6.07 Å². The number of amides is 2. The number of morpholine rings is 1. The smallest absolute Gasteiger partial charge is 0.321 e. The molecule has 2 rings (SSSR count). The number of anilines is 2. The van der Waals surface area contributed by atoms with Crippen molar-refractivity contribution >= 4 is 17.4 Å². The summed E-state index contributed by atoms with van der Waals surface area (Å²) in [6.45, 7) is 7.84. The molecule has 0 saturated carbocycles. The van der Waals surface area contributed by atoms with E-state index in [1.807, 2.05) is 13.8 Å². The highest BCUT2D eigenvalue weighted by molar-refractivity contribution is 5.90. The number of urea groups is 1. The summed E-state index contributed by atoms with van der Waals surface area (Å²) in [7, 11) is 0. The number of carbonyl (C=O) groups is 1. The van der Waals surface area contributed by atoms with E-state index >= 15 is 0 Å². The summed E-state index contributed by atoms with van der Waals surface area (Å²) >= 11 is 0. The van der Waals surface area contributed by atoms with Gasteiger partial charge < -0.3 is 19.9 Å². The van der Waals surface area contributed by atoms with Crippen LogP contribution in [-0.2, 0) is 4.74 Å². The Labute approximate surface area is 124 Å². The molecule has 1 fully saturated rings. The molecule has 116 valence electrons. The van der Waals surface area contributed by atoms with Crippen LogP contribution >= 0.6 is 0 Å². The number of ether oxygens (including phenoxy) is 1. The lowest BCUT2D eigenvalue weighted by Crippen LogP contribution is -2.36. The number of benzene rings is 1. The van der Waals surface area contributed by atoms with Crippen LogP contribution in [0.4, 0.5) is 20.6 Å². The topological polar surface area (TPSA) is 44.8 Å². The van der Waals surface area contributed by atoms with Crippen LogP contribution in [0.25, 0.3) is 0 Å². The van der Waals surface area contributed by atoms with Crippen molar-refractivity contribution in [3.05, 3.63) is 24.0 Å². The monoisotopic (exact) mass is 295 g/mol. The van der Waals surface area contributed by atoms with Crippen LogP contribution in [0.5, 0.6) is 0 Å². The number of carbonyl (C=O) groups excluding carboxylic acids is 1. The molecule has 1 aromatic carbocycles. The zero-order valence-corrected chi connectivity index (χ0v) is 12.6. The second-order valence-corrected chi connectivity index (χ2v) is 4.87. The highest BCUT2D eigenvalue weighted by Gasteiger charge is 2.16. The maximum Gasteiger partial charge on any atom is 0.321 e. The molecule has 0 atom stereocenters. The van der Waals surface area contributed by atoms with Gasteiger partial charge in [-0.15, -0.1) is 0 Å². The van der Waals surface area contributed by atoms with Gasteiger partial charge in [-0.25, -0.2) is 9.18 Å². The first-order chi connectivity index (χ1) is 10.2. The van der Waals surface area contributed by atoms with E-state index < -0.39 is 5.82 Å². The molecule has 1 aliphatic heterocycles. The van der Waals surface area contributed by atoms with Crippen LogP contribution in [0, 0.1) is 5.82 Å². The first-order valence-corrected chi connectivity index (χ1v) is 7.33. The molecule has 0 spiro atoms. The molecule has 1 aliphatic rings. The lowest BCUT2D eigenvalue weighted by atomic mass is 10.2. The molecule has 0 radical (unpaired) electrons.